The number of morpholine rings is 1. The van der Waals surface area contributed by atoms with Crippen molar-refractivity contribution in [2.24, 2.45) is 0 Å². The largest absolute Gasteiger partial charge is 0.484 e. The molecule has 0 saturated carbocycles. The van der Waals surface area contributed by atoms with Crippen LogP contribution in [0.15, 0.2) is 28.7 Å². The number of carbonyl (C=O) groups is 1. The van der Waals surface area contributed by atoms with Gasteiger partial charge in [-0.1, -0.05) is 13.8 Å². The van der Waals surface area contributed by atoms with Crippen molar-refractivity contribution in [3.63, 3.8) is 0 Å². The van der Waals surface area contributed by atoms with Gasteiger partial charge < -0.3 is 18.8 Å². The zero-order valence-corrected chi connectivity index (χ0v) is 14.1. The van der Waals surface area contributed by atoms with Crippen molar-refractivity contribution in [1.29, 1.82) is 0 Å². The smallest absolute Gasteiger partial charge is 0.260 e. The van der Waals surface area contributed by atoms with Gasteiger partial charge in [-0.15, -0.1) is 10.2 Å². The Bertz CT molecular complexity index is 717. The van der Waals surface area contributed by atoms with Gasteiger partial charge >= 0.3 is 0 Å². The molecule has 1 aliphatic heterocycles. The molecule has 8 heteroatoms. The van der Waals surface area contributed by atoms with Crippen LogP contribution in [0.4, 0.5) is 4.39 Å². The van der Waals surface area contributed by atoms with Gasteiger partial charge in [-0.05, 0) is 24.3 Å². The number of hydrogen-bond acceptors (Lipinski definition) is 6. The number of halogens is 1. The Kier molecular flexibility index (Phi) is 5.28. The topological polar surface area (TPSA) is 77.7 Å². The molecular formula is C17H20FN3O4. The Labute approximate surface area is 144 Å². The summed E-state index contributed by atoms with van der Waals surface area (Å²) < 4.78 is 29.5. The number of ether oxygens (including phenoxy) is 2. The third-order valence-electron chi connectivity index (χ3n) is 3.82. The van der Waals surface area contributed by atoms with Crippen LogP contribution in [0.5, 0.6) is 5.75 Å². The molecule has 1 aromatic carbocycles. The van der Waals surface area contributed by atoms with Gasteiger partial charge in [-0.25, -0.2) is 4.39 Å². The van der Waals surface area contributed by atoms with Crippen molar-refractivity contribution >= 4 is 5.91 Å². The molecule has 25 heavy (non-hydrogen) atoms. The highest BCUT2D eigenvalue weighted by Gasteiger charge is 2.29. The molecule has 0 unspecified atom stereocenters. The minimum Gasteiger partial charge on any atom is -0.484 e. The number of hydrogen-bond donors (Lipinski definition) is 0. The van der Waals surface area contributed by atoms with Crippen molar-refractivity contribution in [3.8, 4) is 5.75 Å². The van der Waals surface area contributed by atoms with Crippen molar-refractivity contribution < 1.29 is 23.1 Å². The van der Waals surface area contributed by atoms with E-state index in [2.05, 4.69) is 10.2 Å². The predicted molar refractivity (Wildman–Crippen MR) is 85.6 cm³/mol. The Morgan fingerprint density at radius 1 is 1.36 bits per heavy atom. The highest BCUT2D eigenvalue weighted by Crippen LogP contribution is 2.23. The molecule has 0 bridgehead atoms. The van der Waals surface area contributed by atoms with Gasteiger partial charge in [0.25, 0.3) is 5.91 Å². The van der Waals surface area contributed by atoms with Crippen LogP contribution in [0.2, 0.25) is 0 Å². The Morgan fingerprint density at radius 2 is 2.12 bits per heavy atom. The average Bonchev–Trinajstić information content (AvgIpc) is 3.11. The summed E-state index contributed by atoms with van der Waals surface area (Å²) in [7, 11) is 0. The number of nitrogens with zero attached hydrogens (tertiary/aromatic N) is 3. The number of rotatable bonds is 5. The zero-order chi connectivity index (χ0) is 17.8. The fourth-order valence-corrected chi connectivity index (χ4v) is 2.40. The molecule has 1 aromatic heterocycles. The molecule has 1 amide bonds. The number of amides is 1. The molecule has 1 fully saturated rings. The second kappa shape index (κ2) is 7.60. The van der Waals surface area contributed by atoms with Crippen LogP contribution in [0.25, 0.3) is 0 Å². The monoisotopic (exact) mass is 349 g/mol. The maximum absolute atomic E-state index is 12.9. The van der Waals surface area contributed by atoms with E-state index in [4.69, 9.17) is 13.9 Å². The van der Waals surface area contributed by atoms with Gasteiger partial charge in [-0.3, -0.25) is 4.79 Å². The second-order valence-electron chi connectivity index (χ2n) is 6.08. The normalized spacial score (nSPS) is 17.8. The summed E-state index contributed by atoms with van der Waals surface area (Å²) in [5.41, 5.74) is 0. The summed E-state index contributed by atoms with van der Waals surface area (Å²) in [5.74, 6) is 0.961. The lowest BCUT2D eigenvalue weighted by Gasteiger charge is -2.31. The Balaban J connectivity index is 1.56. The molecule has 2 heterocycles. The van der Waals surface area contributed by atoms with Crippen molar-refractivity contribution in [2.45, 2.75) is 25.9 Å². The van der Waals surface area contributed by atoms with Crippen LogP contribution in [-0.2, 0) is 9.53 Å². The first-order valence-corrected chi connectivity index (χ1v) is 8.14. The second-order valence-corrected chi connectivity index (χ2v) is 6.08. The lowest BCUT2D eigenvalue weighted by atomic mass is 10.2. The fraction of sp³-hybridized carbons (Fsp3) is 0.471. The standard InChI is InChI=1S/C17H20FN3O4/c1-11(2)16-19-20-17(25-16)14-9-21(7-8-23-14)15(22)10-24-13-5-3-12(18)4-6-13/h3-6,11,14H,7-10H2,1-2H3/t14-/m0/s1. The molecule has 3 rings (SSSR count). The summed E-state index contributed by atoms with van der Waals surface area (Å²) in [5, 5.41) is 8.00. The van der Waals surface area contributed by atoms with E-state index in [1.54, 1.807) is 4.90 Å². The molecule has 7 nitrogen and oxygen atoms in total. The summed E-state index contributed by atoms with van der Waals surface area (Å²) in [6.45, 7) is 4.97. The lowest BCUT2D eigenvalue weighted by Crippen LogP contribution is -2.44. The summed E-state index contributed by atoms with van der Waals surface area (Å²) in [4.78, 5) is 14.0. The summed E-state index contributed by atoms with van der Waals surface area (Å²) in [6, 6.07) is 5.53. The first kappa shape index (κ1) is 17.3. The lowest BCUT2D eigenvalue weighted by molar-refractivity contribution is -0.142. The van der Waals surface area contributed by atoms with Gasteiger partial charge in [0.05, 0.1) is 13.2 Å². The molecule has 0 N–H and O–H groups in total. The molecule has 2 aromatic rings. The van der Waals surface area contributed by atoms with Gasteiger partial charge in [0.1, 0.15) is 11.6 Å². The maximum atomic E-state index is 12.9. The number of carbonyl (C=O) groups excluding carboxylic acids is 1. The highest BCUT2D eigenvalue weighted by atomic mass is 19.1. The third kappa shape index (κ3) is 4.33. The van der Waals surface area contributed by atoms with Crippen LogP contribution in [0.3, 0.4) is 0 Å². The first-order chi connectivity index (χ1) is 12.0. The van der Waals surface area contributed by atoms with Crippen LogP contribution in [0.1, 0.15) is 37.7 Å². The van der Waals surface area contributed by atoms with Crippen molar-refractivity contribution in [1.82, 2.24) is 15.1 Å². The van der Waals surface area contributed by atoms with E-state index >= 15 is 0 Å². The van der Waals surface area contributed by atoms with E-state index in [0.29, 0.717) is 37.2 Å². The molecule has 0 spiro atoms. The van der Waals surface area contributed by atoms with Crippen LogP contribution in [0, 0.1) is 5.82 Å². The predicted octanol–water partition coefficient (Wildman–Crippen LogP) is 2.31. The summed E-state index contributed by atoms with van der Waals surface area (Å²) >= 11 is 0. The van der Waals surface area contributed by atoms with E-state index < -0.39 is 6.10 Å². The van der Waals surface area contributed by atoms with Crippen LogP contribution >= 0.6 is 0 Å². The molecule has 1 atom stereocenters. The highest BCUT2D eigenvalue weighted by molar-refractivity contribution is 5.77. The zero-order valence-electron chi connectivity index (χ0n) is 14.1. The third-order valence-corrected chi connectivity index (χ3v) is 3.82. The minimum atomic E-state index is -0.441. The van der Waals surface area contributed by atoms with E-state index in [9.17, 15) is 9.18 Å². The minimum absolute atomic E-state index is 0.126. The first-order valence-electron chi connectivity index (χ1n) is 8.14. The SMILES string of the molecule is CC(C)c1nnc([C@@H]2CN(C(=O)COc3ccc(F)cc3)CCO2)o1. The quantitative estimate of drug-likeness (QED) is 0.824. The van der Waals surface area contributed by atoms with E-state index in [1.165, 1.54) is 24.3 Å². The van der Waals surface area contributed by atoms with Crippen LogP contribution < -0.4 is 4.74 Å². The Morgan fingerprint density at radius 3 is 2.80 bits per heavy atom. The Hall–Kier alpha value is -2.48. The molecule has 0 aliphatic carbocycles. The van der Waals surface area contributed by atoms with E-state index in [0.717, 1.165) is 0 Å². The van der Waals surface area contributed by atoms with Gasteiger partial charge in [0.2, 0.25) is 11.8 Å². The molecule has 0 radical (unpaired) electrons. The van der Waals surface area contributed by atoms with Gasteiger partial charge in [0.15, 0.2) is 12.7 Å². The van der Waals surface area contributed by atoms with Crippen LogP contribution in [-0.4, -0.2) is 47.3 Å². The van der Waals surface area contributed by atoms with E-state index in [-0.39, 0.29) is 24.2 Å². The van der Waals surface area contributed by atoms with Gasteiger partial charge in [-0.2, -0.15) is 0 Å². The molecule has 134 valence electrons. The maximum Gasteiger partial charge on any atom is 0.260 e. The van der Waals surface area contributed by atoms with Crippen molar-refractivity contribution in [3.05, 3.63) is 41.9 Å². The average molecular weight is 349 g/mol. The molecular weight excluding hydrogens is 329 g/mol. The molecule has 1 saturated heterocycles. The van der Waals surface area contributed by atoms with Crippen molar-refractivity contribution in [2.75, 3.05) is 26.3 Å². The summed E-state index contributed by atoms with van der Waals surface area (Å²) in [6.07, 6.45) is -0.441. The number of aromatic nitrogens is 2. The number of benzene rings is 1. The van der Waals surface area contributed by atoms with Gasteiger partial charge in [0, 0.05) is 12.5 Å². The molecule has 1 aliphatic rings. The fourth-order valence-electron chi connectivity index (χ4n) is 2.40. The van der Waals surface area contributed by atoms with E-state index in [1.807, 2.05) is 13.8 Å².